The van der Waals surface area contributed by atoms with E-state index in [0.29, 0.717) is 60.5 Å². The van der Waals surface area contributed by atoms with Crippen LogP contribution in [0, 0.1) is 0 Å². The number of oxazole rings is 1. The Morgan fingerprint density at radius 1 is 0.927 bits per heavy atom. The number of amides is 1. The zero-order valence-corrected chi connectivity index (χ0v) is 22.2. The van der Waals surface area contributed by atoms with Crippen LogP contribution in [0.15, 0.2) is 83.4 Å². The quantitative estimate of drug-likeness (QED) is 0.306. The molecule has 0 bridgehead atoms. The molecule has 2 N–H and O–H groups in total. The second-order valence-corrected chi connectivity index (χ2v) is 9.85. The molecule has 6 aromatic rings. The first-order chi connectivity index (χ1) is 20.1. The van der Waals surface area contributed by atoms with E-state index >= 15 is 0 Å². The molecule has 1 aliphatic heterocycles. The number of hydrogen-bond donors (Lipinski definition) is 2. The van der Waals surface area contributed by atoms with Gasteiger partial charge < -0.3 is 29.0 Å². The molecule has 0 saturated carbocycles. The highest BCUT2D eigenvalue weighted by atomic mass is 16.5. The van der Waals surface area contributed by atoms with E-state index in [1.54, 1.807) is 31.5 Å². The third-order valence-electron chi connectivity index (χ3n) is 7.38. The lowest BCUT2D eigenvalue weighted by atomic mass is 10.0. The molecule has 1 amide bonds. The van der Waals surface area contributed by atoms with Gasteiger partial charge in [0.15, 0.2) is 5.58 Å². The van der Waals surface area contributed by atoms with Gasteiger partial charge >= 0.3 is 0 Å². The first kappa shape index (κ1) is 24.6. The molecule has 0 radical (unpaired) electrons. The highest BCUT2D eigenvalue weighted by Gasteiger charge is 2.25. The van der Waals surface area contributed by atoms with Gasteiger partial charge in [-0.1, -0.05) is 18.2 Å². The number of anilines is 1. The number of benzene rings is 3. The number of para-hydroxylation sites is 2. The van der Waals surface area contributed by atoms with Crippen LogP contribution < -0.4 is 9.64 Å². The number of fused-ring (bicyclic) bond motifs is 2. The lowest BCUT2D eigenvalue weighted by molar-refractivity contribution is 0.0745. The summed E-state index contributed by atoms with van der Waals surface area (Å²) in [6.45, 7) is 2.37. The van der Waals surface area contributed by atoms with E-state index in [1.165, 1.54) is 0 Å². The molecule has 3 aromatic carbocycles. The SMILES string of the molecule is COc1ncccc1-c1ccc(O)c(-c2nc3cc(C(=O)N4CCN(c5nc6ccccc6o5)CC4)ccc3[nH]2)c1. The van der Waals surface area contributed by atoms with E-state index in [9.17, 15) is 9.90 Å². The Morgan fingerprint density at radius 2 is 1.78 bits per heavy atom. The number of carbonyl (C=O) groups excluding carboxylic acids is 1. The minimum absolute atomic E-state index is 0.0535. The molecule has 1 saturated heterocycles. The summed E-state index contributed by atoms with van der Waals surface area (Å²) in [6.07, 6.45) is 1.67. The molecular formula is C31H26N6O4. The average Bonchev–Trinajstić information content (AvgIpc) is 3.65. The maximum atomic E-state index is 13.4. The van der Waals surface area contributed by atoms with Crippen LogP contribution in [0.5, 0.6) is 11.6 Å². The summed E-state index contributed by atoms with van der Waals surface area (Å²) in [4.78, 5) is 34.1. The number of ether oxygens (including phenoxy) is 1. The molecule has 1 fully saturated rings. The molecule has 41 heavy (non-hydrogen) atoms. The largest absolute Gasteiger partial charge is 0.507 e. The number of phenolic OH excluding ortho intramolecular Hbond substituents is 1. The molecule has 4 heterocycles. The third-order valence-corrected chi connectivity index (χ3v) is 7.38. The van der Waals surface area contributed by atoms with Crippen molar-refractivity contribution in [3.05, 3.63) is 84.6 Å². The lowest BCUT2D eigenvalue weighted by Crippen LogP contribution is -2.48. The van der Waals surface area contributed by atoms with Crippen molar-refractivity contribution in [3.8, 4) is 34.1 Å². The van der Waals surface area contributed by atoms with Crippen molar-refractivity contribution in [1.82, 2.24) is 24.8 Å². The zero-order valence-electron chi connectivity index (χ0n) is 22.2. The van der Waals surface area contributed by atoms with Gasteiger partial charge in [-0.3, -0.25) is 4.79 Å². The van der Waals surface area contributed by atoms with Gasteiger partial charge in [0.1, 0.15) is 17.1 Å². The van der Waals surface area contributed by atoms with Gasteiger partial charge in [-0.25, -0.2) is 9.97 Å². The summed E-state index contributed by atoms with van der Waals surface area (Å²) in [6, 6.07) is 22.7. The standard InChI is InChI=1S/C31H26N6O4/c1-40-29-21(5-4-12-32-29)19-9-11-26(38)22(17-19)28-33-23-10-8-20(18-25(23)34-28)30(39)36-13-15-37(16-14-36)31-35-24-6-2-3-7-27(24)41-31/h2-12,17-18,38H,13-16H2,1H3,(H,33,34). The number of piperazine rings is 1. The summed E-state index contributed by atoms with van der Waals surface area (Å²) in [5.41, 5.74) is 5.71. The molecule has 1 aliphatic rings. The van der Waals surface area contributed by atoms with Crippen LogP contribution >= 0.6 is 0 Å². The second kappa shape index (κ2) is 9.98. The fourth-order valence-electron chi connectivity index (χ4n) is 5.21. The fraction of sp³-hybridized carbons (Fsp3) is 0.161. The van der Waals surface area contributed by atoms with Crippen LogP contribution in [0.4, 0.5) is 6.01 Å². The Labute approximate surface area is 234 Å². The fourth-order valence-corrected chi connectivity index (χ4v) is 5.21. The number of phenols is 1. The van der Waals surface area contributed by atoms with Crippen molar-refractivity contribution in [2.24, 2.45) is 0 Å². The summed E-state index contributed by atoms with van der Waals surface area (Å²) in [5.74, 6) is 1.02. The number of methoxy groups -OCH3 is 1. The Hall–Kier alpha value is -5.38. The van der Waals surface area contributed by atoms with E-state index in [2.05, 4.69) is 19.9 Å². The number of carbonyl (C=O) groups is 1. The maximum Gasteiger partial charge on any atom is 0.298 e. The molecule has 0 aliphatic carbocycles. The first-order valence-corrected chi connectivity index (χ1v) is 13.3. The highest BCUT2D eigenvalue weighted by molar-refractivity contribution is 5.98. The molecule has 10 nitrogen and oxygen atoms in total. The van der Waals surface area contributed by atoms with Crippen molar-refractivity contribution < 1.29 is 19.1 Å². The van der Waals surface area contributed by atoms with Gasteiger partial charge in [-0.15, -0.1) is 0 Å². The summed E-state index contributed by atoms with van der Waals surface area (Å²) in [7, 11) is 1.57. The minimum atomic E-state index is -0.0535. The molecule has 0 atom stereocenters. The lowest BCUT2D eigenvalue weighted by Gasteiger charge is -2.33. The van der Waals surface area contributed by atoms with Crippen LogP contribution in [0.3, 0.4) is 0 Å². The third kappa shape index (κ3) is 4.49. The number of nitrogens with one attached hydrogen (secondary N) is 1. The van der Waals surface area contributed by atoms with Gasteiger partial charge in [-0.05, 0) is 60.2 Å². The highest BCUT2D eigenvalue weighted by Crippen LogP contribution is 2.36. The van der Waals surface area contributed by atoms with Gasteiger partial charge in [-0.2, -0.15) is 4.98 Å². The van der Waals surface area contributed by atoms with E-state index in [-0.39, 0.29) is 11.7 Å². The molecule has 10 heteroatoms. The summed E-state index contributed by atoms with van der Waals surface area (Å²) >= 11 is 0. The Morgan fingerprint density at radius 3 is 2.61 bits per heavy atom. The van der Waals surface area contributed by atoms with Crippen LogP contribution in [0.25, 0.3) is 44.6 Å². The molecule has 204 valence electrons. The molecule has 0 unspecified atom stereocenters. The summed E-state index contributed by atoms with van der Waals surface area (Å²) < 4.78 is 11.3. The number of aromatic nitrogens is 4. The number of imidazole rings is 1. The Bertz CT molecular complexity index is 1870. The molecule has 7 rings (SSSR count). The monoisotopic (exact) mass is 546 g/mol. The van der Waals surface area contributed by atoms with Crippen molar-refractivity contribution >= 4 is 34.1 Å². The van der Waals surface area contributed by atoms with Gasteiger partial charge in [0.25, 0.3) is 11.9 Å². The Kier molecular flexibility index (Phi) is 6.00. The molecule has 0 spiro atoms. The van der Waals surface area contributed by atoms with Crippen LogP contribution in [0.2, 0.25) is 0 Å². The van der Waals surface area contributed by atoms with Crippen molar-refractivity contribution in [2.45, 2.75) is 0 Å². The number of hydrogen-bond acceptors (Lipinski definition) is 8. The van der Waals surface area contributed by atoms with E-state index in [0.717, 1.165) is 27.7 Å². The van der Waals surface area contributed by atoms with Crippen LogP contribution in [-0.2, 0) is 0 Å². The normalized spacial score (nSPS) is 13.7. The Balaban J connectivity index is 1.11. The van der Waals surface area contributed by atoms with E-state index in [1.807, 2.05) is 59.5 Å². The number of nitrogens with zero attached hydrogens (tertiary/aromatic N) is 5. The predicted octanol–water partition coefficient (Wildman–Crippen LogP) is 5.11. The van der Waals surface area contributed by atoms with Crippen molar-refractivity contribution in [1.29, 1.82) is 0 Å². The van der Waals surface area contributed by atoms with Gasteiger partial charge in [0.2, 0.25) is 5.88 Å². The predicted molar refractivity (Wildman–Crippen MR) is 155 cm³/mol. The van der Waals surface area contributed by atoms with Crippen molar-refractivity contribution in [2.75, 3.05) is 38.2 Å². The van der Waals surface area contributed by atoms with E-state index < -0.39 is 0 Å². The second-order valence-electron chi connectivity index (χ2n) is 9.85. The zero-order chi connectivity index (χ0) is 27.9. The average molecular weight is 547 g/mol. The maximum absolute atomic E-state index is 13.4. The minimum Gasteiger partial charge on any atom is -0.507 e. The number of rotatable bonds is 5. The van der Waals surface area contributed by atoms with Gasteiger partial charge in [0, 0.05) is 43.5 Å². The molecule has 3 aromatic heterocycles. The van der Waals surface area contributed by atoms with Crippen molar-refractivity contribution in [3.63, 3.8) is 0 Å². The number of aromatic hydroxyl groups is 1. The van der Waals surface area contributed by atoms with Crippen LogP contribution in [-0.4, -0.2) is 69.1 Å². The topological polar surface area (TPSA) is 121 Å². The smallest absolute Gasteiger partial charge is 0.298 e. The first-order valence-electron chi connectivity index (χ1n) is 13.3. The number of aromatic amines is 1. The number of H-pyrrole nitrogens is 1. The molecular weight excluding hydrogens is 520 g/mol. The van der Waals surface area contributed by atoms with Crippen LogP contribution in [0.1, 0.15) is 10.4 Å². The number of pyridine rings is 1. The van der Waals surface area contributed by atoms with Gasteiger partial charge in [0.05, 0.1) is 23.7 Å². The van der Waals surface area contributed by atoms with E-state index in [4.69, 9.17) is 14.1 Å². The summed E-state index contributed by atoms with van der Waals surface area (Å²) in [5, 5.41) is 10.7.